The third-order valence-electron chi connectivity index (χ3n) is 3.00. The molecule has 0 fully saturated rings. The molecule has 2 rings (SSSR count). The first-order valence-electron chi connectivity index (χ1n) is 7.39. The molecule has 0 saturated heterocycles. The largest absolute Gasteiger partial charge is 0.419 e. The number of benzene rings is 2. The minimum atomic E-state index is -4.17. The first-order valence-corrected chi connectivity index (χ1v) is 9.91. The highest BCUT2D eigenvalue weighted by molar-refractivity contribution is 7.79. The molecule has 25 heavy (non-hydrogen) atoms. The summed E-state index contributed by atoms with van der Waals surface area (Å²) in [5, 5.41) is 5.39. The van der Waals surface area contributed by atoms with Crippen molar-refractivity contribution in [2.75, 3.05) is 11.9 Å². The number of carbonyl (C=O) groups excluding carboxylic acids is 1. The van der Waals surface area contributed by atoms with E-state index >= 15 is 0 Å². The van der Waals surface area contributed by atoms with Crippen LogP contribution in [0.4, 0.5) is 5.69 Å². The monoisotopic (exact) mass is 389 g/mol. The van der Waals surface area contributed by atoms with E-state index in [9.17, 15) is 4.79 Å². The lowest BCUT2D eigenvalue weighted by Gasteiger charge is -2.25. The van der Waals surface area contributed by atoms with E-state index in [2.05, 4.69) is 16.6 Å². The van der Waals surface area contributed by atoms with Crippen molar-refractivity contribution in [3.63, 3.8) is 0 Å². The van der Waals surface area contributed by atoms with Gasteiger partial charge in [0.25, 0.3) is 0 Å². The Morgan fingerprint density at radius 1 is 1.20 bits per heavy atom. The van der Waals surface area contributed by atoms with Gasteiger partial charge in [0.2, 0.25) is 0 Å². The lowest BCUT2D eigenvalue weighted by Crippen LogP contribution is -2.41. The first kappa shape index (κ1) is 21.4. The van der Waals surface area contributed by atoms with Crippen LogP contribution in [0.5, 0.6) is 0 Å². The zero-order valence-electron chi connectivity index (χ0n) is 14.1. The molecule has 0 aliphatic heterocycles. The molecular weight excluding hydrogens is 369 g/mol. The van der Waals surface area contributed by atoms with Gasteiger partial charge >= 0.3 is 12.9 Å². The van der Waals surface area contributed by atoms with Crippen molar-refractivity contribution in [3.8, 4) is 0 Å². The Balaban J connectivity index is 0.000000550. The number of hydrogen-bond acceptors (Lipinski definition) is 5. The van der Waals surface area contributed by atoms with Gasteiger partial charge in [0, 0.05) is 22.3 Å². The molecule has 0 aliphatic carbocycles. The molecular formula is C16H21ClNO6P. The van der Waals surface area contributed by atoms with Crippen LogP contribution >= 0.6 is 18.2 Å². The topological polar surface area (TPSA) is 105 Å². The number of carbonyl (C=O) groups is 1. The summed E-state index contributed by atoms with van der Waals surface area (Å²) < 4.78 is 9.09. The number of halogens is 1. The fourth-order valence-corrected chi connectivity index (χ4v) is 1.94. The molecule has 0 atom stereocenters. The molecule has 3 N–H and O–H groups in total. The molecule has 0 spiro atoms. The molecule has 0 radical (unpaired) electrons. The normalized spacial score (nSPS) is 11.4. The van der Waals surface area contributed by atoms with Crippen molar-refractivity contribution in [3.05, 3.63) is 42.5 Å². The van der Waals surface area contributed by atoms with E-state index in [4.69, 9.17) is 24.1 Å². The van der Waals surface area contributed by atoms with Crippen molar-refractivity contribution in [2.45, 2.75) is 26.3 Å². The predicted molar refractivity (Wildman–Crippen MR) is 97.3 cm³/mol. The average Bonchev–Trinajstić information content (AvgIpc) is 2.51. The minimum absolute atomic E-state index is 0.329. The van der Waals surface area contributed by atoms with Crippen LogP contribution in [0, 0.1) is 0 Å². The van der Waals surface area contributed by atoms with Crippen LogP contribution in [-0.4, -0.2) is 27.9 Å². The molecule has 0 bridgehead atoms. The number of anilines is 1. The van der Waals surface area contributed by atoms with Crippen LogP contribution in [0.2, 0.25) is 0 Å². The van der Waals surface area contributed by atoms with Crippen molar-refractivity contribution in [1.82, 2.24) is 0 Å². The van der Waals surface area contributed by atoms with Gasteiger partial charge in [-0.1, -0.05) is 36.4 Å². The Labute approximate surface area is 150 Å². The molecule has 2 aromatic carbocycles. The highest BCUT2D eigenvalue weighted by Crippen LogP contribution is 2.39. The summed E-state index contributed by atoms with van der Waals surface area (Å²) in [6, 6.07) is 13.9. The van der Waals surface area contributed by atoms with Gasteiger partial charge in [-0.25, -0.2) is 9.36 Å². The SMILES string of the molecule is CCOOC(=O)C(C)(C)Nc1cccc2ccccc12.O=P(O)(O)Cl. The lowest BCUT2D eigenvalue weighted by molar-refractivity contribution is -0.272. The lowest BCUT2D eigenvalue weighted by atomic mass is 10.0. The second-order valence-corrected chi connectivity index (χ2v) is 7.79. The molecule has 0 heterocycles. The third-order valence-corrected chi connectivity index (χ3v) is 3.00. The highest BCUT2D eigenvalue weighted by atomic mass is 35.7. The molecule has 0 saturated carbocycles. The van der Waals surface area contributed by atoms with Gasteiger partial charge in [0.05, 0.1) is 6.61 Å². The Morgan fingerprint density at radius 2 is 1.76 bits per heavy atom. The number of fused-ring (bicyclic) bond motifs is 1. The summed E-state index contributed by atoms with van der Waals surface area (Å²) in [4.78, 5) is 36.2. The molecule has 7 nitrogen and oxygen atoms in total. The van der Waals surface area contributed by atoms with Crippen molar-refractivity contribution in [2.24, 2.45) is 0 Å². The van der Waals surface area contributed by atoms with E-state index < -0.39 is 18.5 Å². The molecule has 0 aromatic heterocycles. The Kier molecular flexibility index (Phi) is 7.86. The van der Waals surface area contributed by atoms with E-state index in [0.717, 1.165) is 16.5 Å². The molecule has 0 unspecified atom stereocenters. The van der Waals surface area contributed by atoms with Crippen molar-refractivity contribution in [1.29, 1.82) is 0 Å². The zero-order chi connectivity index (χ0) is 19.1. The van der Waals surface area contributed by atoms with E-state index in [-0.39, 0.29) is 0 Å². The maximum Gasteiger partial charge on any atom is 0.419 e. The second-order valence-electron chi connectivity index (χ2n) is 5.53. The van der Waals surface area contributed by atoms with Crippen LogP contribution in [0.15, 0.2) is 42.5 Å². The Hall–Kier alpha value is -1.63. The van der Waals surface area contributed by atoms with Gasteiger partial charge in [-0.05, 0) is 32.2 Å². The highest BCUT2D eigenvalue weighted by Gasteiger charge is 2.30. The van der Waals surface area contributed by atoms with E-state index in [0.29, 0.717) is 6.61 Å². The summed E-state index contributed by atoms with van der Waals surface area (Å²) in [5.41, 5.74) is 0.0146. The third kappa shape index (κ3) is 7.86. The number of nitrogens with one attached hydrogen (secondary N) is 1. The van der Waals surface area contributed by atoms with Gasteiger partial charge in [0.1, 0.15) is 5.54 Å². The standard InChI is InChI=1S/C16H19NO3.ClH2O3P/c1-4-19-20-15(18)16(2,3)17-14-11-7-9-12-8-5-6-10-13(12)14;1-5(2,3)4/h5-11,17H,4H2,1-3H3;(H2,2,3,4). The zero-order valence-corrected chi connectivity index (χ0v) is 15.8. The van der Waals surface area contributed by atoms with Crippen LogP contribution in [-0.2, 0) is 19.1 Å². The average molecular weight is 390 g/mol. The fraction of sp³-hybridized carbons (Fsp3) is 0.312. The Bertz CT molecular complexity index is 748. The molecule has 2 aromatic rings. The second kappa shape index (κ2) is 9.17. The summed E-state index contributed by atoms with van der Waals surface area (Å²) >= 11 is 4.20. The number of rotatable bonds is 5. The van der Waals surface area contributed by atoms with Crippen LogP contribution in [0.3, 0.4) is 0 Å². The van der Waals surface area contributed by atoms with E-state index in [1.54, 1.807) is 20.8 Å². The quantitative estimate of drug-likeness (QED) is 0.405. The van der Waals surface area contributed by atoms with E-state index in [1.807, 2.05) is 42.5 Å². The predicted octanol–water partition coefficient (Wildman–Crippen LogP) is 3.84. The van der Waals surface area contributed by atoms with Crippen LogP contribution in [0.1, 0.15) is 20.8 Å². The van der Waals surface area contributed by atoms with Gasteiger partial charge in [-0.15, -0.1) is 0 Å². The molecule has 0 aliphatic rings. The van der Waals surface area contributed by atoms with Crippen molar-refractivity contribution >= 4 is 40.6 Å². The van der Waals surface area contributed by atoms with Gasteiger partial charge in [0.15, 0.2) is 0 Å². The van der Waals surface area contributed by atoms with Gasteiger partial charge in [-0.2, -0.15) is 4.89 Å². The fourth-order valence-electron chi connectivity index (χ4n) is 1.94. The summed E-state index contributed by atoms with van der Waals surface area (Å²) in [6.07, 6.45) is 0. The molecule has 0 amide bonds. The smallest absolute Gasteiger partial charge is 0.370 e. The van der Waals surface area contributed by atoms with Crippen molar-refractivity contribution < 1.29 is 28.9 Å². The number of hydrogen-bond donors (Lipinski definition) is 3. The minimum Gasteiger partial charge on any atom is -0.370 e. The summed E-state index contributed by atoms with van der Waals surface area (Å²) in [6.45, 7) is 1.45. The maximum atomic E-state index is 12.0. The van der Waals surface area contributed by atoms with Crippen LogP contribution in [0.25, 0.3) is 10.8 Å². The van der Waals surface area contributed by atoms with Crippen LogP contribution < -0.4 is 5.32 Å². The maximum absolute atomic E-state index is 12.0. The summed E-state index contributed by atoms with van der Waals surface area (Å²) in [7, 11) is 0. The molecule has 9 heteroatoms. The van der Waals surface area contributed by atoms with Gasteiger partial charge in [-0.3, -0.25) is 4.89 Å². The van der Waals surface area contributed by atoms with E-state index in [1.165, 1.54) is 0 Å². The summed E-state index contributed by atoms with van der Waals surface area (Å²) in [5.74, 6) is -0.452. The first-order chi connectivity index (χ1) is 11.5. The molecule has 138 valence electrons. The Morgan fingerprint density at radius 3 is 2.36 bits per heavy atom. The van der Waals surface area contributed by atoms with Gasteiger partial charge < -0.3 is 15.1 Å².